The predicted molar refractivity (Wildman–Crippen MR) is 52.3 cm³/mol. The van der Waals surface area contributed by atoms with Crippen molar-refractivity contribution < 1.29 is 9.90 Å². The summed E-state index contributed by atoms with van der Waals surface area (Å²) < 4.78 is 2.70. The number of aliphatic carboxylic acids is 1. The number of benzene rings is 1. The molecule has 0 heterocycles. The van der Waals surface area contributed by atoms with Crippen molar-refractivity contribution in [3.05, 3.63) is 24.3 Å². The molecule has 13 heavy (non-hydrogen) atoms. The van der Waals surface area contributed by atoms with Gasteiger partial charge in [0.1, 0.15) is 6.54 Å². The molecule has 1 rings (SSSR count). The van der Waals surface area contributed by atoms with Gasteiger partial charge in [-0.15, -0.1) is 0 Å². The summed E-state index contributed by atoms with van der Waals surface area (Å²) in [5.74, 6) is -0.872. The molecule has 0 unspecified atom stereocenters. The summed E-state index contributed by atoms with van der Waals surface area (Å²) in [5.41, 5.74) is 6.18. The van der Waals surface area contributed by atoms with E-state index in [1.54, 1.807) is 12.1 Å². The van der Waals surface area contributed by atoms with Crippen LogP contribution < -0.4 is 10.5 Å². The minimum absolute atomic E-state index is 0.0605. The first-order valence-corrected chi connectivity index (χ1v) is 4.47. The normalized spacial score (nSPS) is 9.85. The van der Waals surface area contributed by atoms with Gasteiger partial charge in [0.15, 0.2) is 0 Å². The summed E-state index contributed by atoms with van der Waals surface area (Å²) in [5, 5.41) is 8.34. The van der Waals surface area contributed by atoms with Gasteiger partial charge in [-0.25, -0.2) is 4.72 Å². The Kier molecular flexibility index (Phi) is 3.60. The van der Waals surface area contributed by atoms with Crippen LogP contribution in [0, 0.1) is 0 Å². The fourth-order valence-electron chi connectivity index (χ4n) is 0.717. The second-order valence-electron chi connectivity index (χ2n) is 2.39. The monoisotopic (exact) mass is 198 g/mol. The van der Waals surface area contributed by atoms with Crippen LogP contribution in [-0.2, 0) is 4.79 Å². The molecule has 5 heteroatoms. The second kappa shape index (κ2) is 4.74. The van der Waals surface area contributed by atoms with Crippen molar-refractivity contribution in [1.82, 2.24) is 4.72 Å². The lowest BCUT2D eigenvalue weighted by molar-refractivity contribution is -0.135. The van der Waals surface area contributed by atoms with Gasteiger partial charge in [0.25, 0.3) is 0 Å². The third-order valence-electron chi connectivity index (χ3n) is 1.29. The molecule has 1 aromatic rings. The molecule has 0 saturated carbocycles. The highest BCUT2D eigenvalue weighted by molar-refractivity contribution is 7.97. The van der Waals surface area contributed by atoms with Crippen LogP contribution in [0.4, 0.5) is 5.69 Å². The standard InChI is InChI=1S/C8H10N2O2S/c9-6-1-3-7(4-2-6)13-10-5-8(11)12/h1-4,10H,5,9H2,(H,11,12). The molecule has 70 valence electrons. The van der Waals surface area contributed by atoms with Crippen molar-refractivity contribution in [3.63, 3.8) is 0 Å². The Balaban J connectivity index is 2.37. The molecule has 0 radical (unpaired) electrons. The Morgan fingerprint density at radius 1 is 1.46 bits per heavy atom. The van der Waals surface area contributed by atoms with E-state index in [1.165, 1.54) is 11.9 Å². The van der Waals surface area contributed by atoms with E-state index in [-0.39, 0.29) is 6.54 Å². The molecule has 0 atom stereocenters. The highest BCUT2D eigenvalue weighted by Crippen LogP contribution is 2.15. The number of carboxylic acid groups (broad SMARTS) is 1. The Hall–Kier alpha value is -1.20. The van der Waals surface area contributed by atoms with Crippen molar-refractivity contribution in [2.45, 2.75) is 4.90 Å². The maximum Gasteiger partial charge on any atom is 0.318 e. The number of carbonyl (C=O) groups is 1. The average Bonchev–Trinajstić information content (AvgIpc) is 2.08. The molecular formula is C8H10N2O2S. The van der Waals surface area contributed by atoms with Gasteiger partial charge < -0.3 is 10.8 Å². The van der Waals surface area contributed by atoms with E-state index in [2.05, 4.69) is 4.72 Å². The van der Waals surface area contributed by atoms with E-state index in [1.807, 2.05) is 12.1 Å². The first-order chi connectivity index (χ1) is 6.18. The zero-order valence-electron chi connectivity index (χ0n) is 6.86. The van der Waals surface area contributed by atoms with Crippen LogP contribution in [-0.4, -0.2) is 17.6 Å². The van der Waals surface area contributed by atoms with Gasteiger partial charge in [-0.2, -0.15) is 0 Å². The SMILES string of the molecule is Nc1ccc(SNCC(=O)O)cc1. The summed E-state index contributed by atoms with van der Waals surface area (Å²) in [7, 11) is 0. The maximum atomic E-state index is 10.1. The maximum absolute atomic E-state index is 10.1. The fourth-order valence-corrected chi connectivity index (χ4v) is 1.35. The van der Waals surface area contributed by atoms with Crippen LogP contribution in [0.25, 0.3) is 0 Å². The molecule has 0 amide bonds. The van der Waals surface area contributed by atoms with Crippen molar-refractivity contribution in [3.8, 4) is 0 Å². The quantitative estimate of drug-likeness (QED) is 0.496. The first kappa shape index (κ1) is 9.88. The smallest absolute Gasteiger partial charge is 0.318 e. The van der Waals surface area contributed by atoms with Crippen LogP contribution in [0.2, 0.25) is 0 Å². The highest BCUT2D eigenvalue weighted by atomic mass is 32.2. The van der Waals surface area contributed by atoms with Crippen molar-refractivity contribution in [2.24, 2.45) is 0 Å². The van der Waals surface area contributed by atoms with E-state index in [9.17, 15) is 4.79 Å². The van der Waals surface area contributed by atoms with Gasteiger partial charge in [0.2, 0.25) is 0 Å². The van der Waals surface area contributed by atoms with Crippen LogP contribution in [0.3, 0.4) is 0 Å². The second-order valence-corrected chi connectivity index (χ2v) is 3.35. The van der Waals surface area contributed by atoms with Gasteiger partial charge in [0.05, 0.1) is 0 Å². The van der Waals surface area contributed by atoms with Crippen LogP contribution in [0.5, 0.6) is 0 Å². The molecule has 0 aromatic heterocycles. The molecule has 4 N–H and O–H groups in total. The number of carboxylic acids is 1. The molecule has 1 aromatic carbocycles. The topological polar surface area (TPSA) is 75.3 Å². The van der Waals surface area contributed by atoms with E-state index < -0.39 is 5.97 Å². The Morgan fingerprint density at radius 2 is 2.08 bits per heavy atom. The van der Waals surface area contributed by atoms with Gasteiger partial charge in [-0.3, -0.25) is 4.79 Å². The minimum atomic E-state index is -0.872. The molecule has 0 aliphatic carbocycles. The van der Waals surface area contributed by atoms with Crippen molar-refractivity contribution in [2.75, 3.05) is 12.3 Å². The zero-order valence-corrected chi connectivity index (χ0v) is 7.67. The summed E-state index contributed by atoms with van der Waals surface area (Å²) >= 11 is 1.27. The van der Waals surface area contributed by atoms with E-state index in [0.29, 0.717) is 5.69 Å². The molecule has 4 nitrogen and oxygen atoms in total. The van der Waals surface area contributed by atoms with Crippen molar-refractivity contribution in [1.29, 1.82) is 0 Å². The van der Waals surface area contributed by atoms with Crippen LogP contribution in [0.1, 0.15) is 0 Å². The lowest BCUT2D eigenvalue weighted by Crippen LogP contribution is -2.15. The van der Waals surface area contributed by atoms with Gasteiger partial charge in [0, 0.05) is 10.6 Å². The Morgan fingerprint density at radius 3 is 2.62 bits per heavy atom. The third kappa shape index (κ3) is 3.82. The fraction of sp³-hybridized carbons (Fsp3) is 0.125. The zero-order chi connectivity index (χ0) is 9.68. The van der Waals surface area contributed by atoms with Crippen LogP contribution in [0.15, 0.2) is 29.2 Å². The number of nitrogens with one attached hydrogen (secondary N) is 1. The Bertz CT molecular complexity index is 287. The number of nitrogen functional groups attached to an aromatic ring is 1. The molecule has 0 bridgehead atoms. The molecule has 0 fully saturated rings. The summed E-state index contributed by atoms with van der Waals surface area (Å²) in [4.78, 5) is 11.1. The largest absolute Gasteiger partial charge is 0.480 e. The molecule has 0 saturated heterocycles. The van der Waals surface area contributed by atoms with Gasteiger partial charge in [-0.05, 0) is 36.2 Å². The first-order valence-electron chi connectivity index (χ1n) is 3.65. The van der Waals surface area contributed by atoms with Crippen molar-refractivity contribution >= 4 is 23.6 Å². The number of nitrogens with two attached hydrogens (primary N) is 1. The minimum Gasteiger partial charge on any atom is -0.480 e. The van der Waals surface area contributed by atoms with Gasteiger partial charge in [-0.1, -0.05) is 0 Å². The lowest BCUT2D eigenvalue weighted by atomic mass is 10.3. The molecule has 0 aliphatic rings. The summed E-state index contributed by atoms with van der Waals surface area (Å²) in [6.07, 6.45) is 0. The van der Waals surface area contributed by atoms with E-state index in [0.717, 1.165) is 4.90 Å². The van der Waals surface area contributed by atoms with E-state index in [4.69, 9.17) is 10.8 Å². The summed E-state index contributed by atoms with van der Waals surface area (Å²) in [6, 6.07) is 7.19. The van der Waals surface area contributed by atoms with Gasteiger partial charge >= 0.3 is 5.97 Å². The number of anilines is 1. The molecular weight excluding hydrogens is 188 g/mol. The highest BCUT2D eigenvalue weighted by Gasteiger charge is 1.96. The number of hydrogen-bond acceptors (Lipinski definition) is 4. The lowest BCUT2D eigenvalue weighted by Gasteiger charge is -2.00. The number of hydrogen-bond donors (Lipinski definition) is 3. The third-order valence-corrected chi connectivity index (χ3v) is 2.09. The van der Waals surface area contributed by atoms with E-state index >= 15 is 0 Å². The van der Waals surface area contributed by atoms with Crippen LogP contribution >= 0.6 is 11.9 Å². The Labute approximate surface area is 80.3 Å². The molecule has 0 aliphatic heterocycles. The molecule has 0 spiro atoms. The predicted octanol–water partition coefficient (Wildman–Crippen LogP) is 0.950. The summed E-state index contributed by atoms with van der Waals surface area (Å²) in [6.45, 7) is -0.0605. The average molecular weight is 198 g/mol. The number of rotatable bonds is 4.